The zero-order valence-electron chi connectivity index (χ0n) is 9.88. The number of hydrogen-bond acceptors (Lipinski definition) is 4. The lowest BCUT2D eigenvalue weighted by Gasteiger charge is -2.08. The molecular weight excluding hydrogens is 218 g/mol. The molecule has 0 amide bonds. The van der Waals surface area contributed by atoms with Gasteiger partial charge in [-0.2, -0.15) is 5.10 Å². The SMILES string of the molecule is CC(C)OC(=O)Cn1ncc2ccc(N)cc21. The van der Waals surface area contributed by atoms with Gasteiger partial charge in [-0.3, -0.25) is 9.48 Å². The van der Waals surface area contributed by atoms with E-state index in [0.29, 0.717) is 5.69 Å². The lowest BCUT2D eigenvalue weighted by atomic mass is 10.2. The number of nitrogens with two attached hydrogens (primary N) is 1. The second-order valence-electron chi connectivity index (χ2n) is 4.16. The van der Waals surface area contributed by atoms with Crippen molar-refractivity contribution in [2.45, 2.75) is 26.5 Å². The van der Waals surface area contributed by atoms with Crippen LogP contribution in [-0.4, -0.2) is 21.9 Å². The first kappa shape index (κ1) is 11.4. The van der Waals surface area contributed by atoms with E-state index in [2.05, 4.69) is 5.10 Å². The summed E-state index contributed by atoms with van der Waals surface area (Å²) in [5.41, 5.74) is 7.19. The quantitative estimate of drug-likeness (QED) is 0.645. The predicted octanol–water partition coefficient (Wildman–Crippen LogP) is 1.57. The van der Waals surface area contributed by atoms with Crippen LogP contribution in [0.3, 0.4) is 0 Å². The minimum Gasteiger partial charge on any atom is -0.462 e. The van der Waals surface area contributed by atoms with Gasteiger partial charge in [-0.1, -0.05) is 0 Å². The smallest absolute Gasteiger partial charge is 0.328 e. The average molecular weight is 233 g/mol. The monoisotopic (exact) mass is 233 g/mol. The number of aromatic nitrogens is 2. The highest BCUT2D eigenvalue weighted by molar-refractivity contribution is 5.83. The minimum atomic E-state index is -0.299. The van der Waals surface area contributed by atoms with E-state index < -0.39 is 0 Å². The van der Waals surface area contributed by atoms with E-state index in [-0.39, 0.29) is 18.6 Å². The molecule has 1 aromatic carbocycles. The Bertz CT molecular complexity index is 546. The first-order valence-electron chi connectivity index (χ1n) is 5.47. The van der Waals surface area contributed by atoms with Gasteiger partial charge in [0.2, 0.25) is 0 Å². The molecule has 0 saturated heterocycles. The number of rotatable bonds is 3. The second-order valence-corrected chi connectivity index (χ2v) is 4.16. The fourth-order valence-electron chi connectivity index (χ4n) is 1.64. The zero-order valence-corrected chi connectivity index (χ0v) is 9.88. The van der Waals surface area contributed by atoms with Gasteiger partial charge in [-0.15, -0.1) is 0 Å². The Labute approximate surface area is 99.2 Å². The maximum Gasteiger partial charge on any atom is 0.328 e. The van der Waals surface area contributed by atoms with Crippen LogP contribution in [0.4, 0.5) is 5.69 Å². The Hall–Kier alpha value is -2.04. The molecule has 0 atom stereocenters. The van der Waals surface area contributed by atoms with Crippen molar-refractivity contribution in [3.05, 3.63) is 24.4 Å². The van der Waals surface area contributed by atoms with E-state index in [1.54, 1.807) is 23.0 Å². The Kier molecular flexibility index (Phi) is 2.99. The van der Waals surface area contributed by atoms with Gasteiger partial charge in [-0.25, -0.2) is 0 Å². The van der Waals surface area contributed by atoms with Crippen LogP contribution in [0.15, 0.2) is 24.4 Å². The summed E-state index contributed by atoms with van der Waals surface area (Å²) < 4.78 is 6.67. The van der Waals surface area contributed by atoms with E-state index in [1.165, 1.54) is 0 Å². The molecule has 1 aromatic heterocycles. The molecule has 1 heterocycles. The number of fused-ring (bicyclic) bond motifs is 1. The van der Waals surface area contributed by atoms with Crippen LogP contribution in [0.25, 0.3) is 10.9 Å². The number of nitrogens with zero attached hydrogens (tertiary/aromatic N) is 2. The van der Waals surface area contributed by atoms with Crippen LogP contribution in [0.2, 0.25) is 0 Å². The number of benzene rings is 1. The summed E-state index contributed by atoms with van der Waals surface area (Å²) in [5, 5.41) is 5.10. The molecule has 0 fully saturated rings. The van der Waals surface area contributed by atoms with Gasteiger partial charge < -0.3 is 10.5 Å². The molecule has 17 heavy (non-hydrogen) atoms. The van der Waals surface area contributed by atoms with E-state index in [9.17, 15) is 4.79 Å². The van der Waals surface area contributed by atoms with Gasteiger partial charge in [0, 0.05) is 11.1 Å². The number of carbonyl (C=O) groups excluding carboxylic acids is 1. The third-order valence-electron chi connectivity index (χ3n) is 2.31. The lowest BCUT2D eigenvalue weighted by Crippen LogP contribution is -2.18. The Balaban J connectivity index is 2.24. The molecule has 0 spiro atoms. The summed E-state index contributed by atoms with van der Waals surface area (Å²) in [6.45, 7) is 3.74. The molecule has 0 bridgehead atoms. The molecule has 90 valence electrons. The van der Waals surface area contributed by atoms with E-state index >= 15 is 0 Å². The maximum atomic E-state index is 11.5. The van der Waals surface area contributed by atoms with Crippen LogP contribution >= 0.6 is 0 Å². The Morgan fingerprint density at radius 3 is 3.00 bits per heavy atom. The molecule has 2 rings (SSSR count). The van der Waals surface area contributed by atoms with Gasteiger partial charge in [0.05, 0.1) is 17.8 Å². The third kappa shape index (κ3) is 2.55. The van der Waals surface area contributed by atoms with E-state index in [1.807, 2.05) is 19.9 Å². The van der Waals surface area contributed by atoms with Gasteiger partial charge >= 0.3 is 5.97 Å². The maximum absolute atomic E-state index is 11.5. The Morgan fingerprint density at radius 2 is 2.29 bits per heavy atom. The van der Waals surface area contributed by atoms with Crippen LogP contribution in [0.5, 0.6) is 0 Å². The van der Waals surface area contributed by atoms with Crippen LogP contribution in [0.1, 0.15) is 13.8 Å². The largest absolute Gasteiger partial charge is 0.462 e. The summed E-state index contributed by atoms with van der Waals surface area (Å²) in [6.07, 6.45) is 1.59. The van der Waals surface area contributed by atoms with Gasteiger partial charge in [0.25, 0.3) is 0 Å². The number of carbonyl (C=O) groups is 1. The molecule has 0 aliphatic rings. The summed E-state index contributed by atoms with van der Waals surface area (Å²) in [4.78, 5) is 11.5. The van der Waals surface area contributed by atoms with Crippen molar-refractivity contribution in [1.29, 1.82) is 0 Å². The molecule has 5 nitrogen and oxygen atoms in total. The minimum absolute atomic E-state index is 0.102. The second kappa shape index (κ2) is 4.45. The molecule has 2 N–H and O–H groups in total. The molecule has 5 heteroatoms. The highest BCUT2D eigenvalue weighted by atomic mass is 16.5. The number of nitrogen functional groups attached to an aromatic ring is 1. The van der Waals surface area contributed by atoms with Crippen molar-refractivity contribution >= 4 is 22.6 Å². The van der Waals surface area contributed by atoms with Crippen LogP contribution in [-0.2, 0) is 16.1 Å². The first-order valence-corrected chi connectivity index (χ1v) is 5.47. The van der Waals surface area contributed by atoms with Crippen molar-refractivity contribution in [2.24, 2.45) is 0 Å². The molecule has 0 aliphatic carbocycles. The van der Waals surface area contributed by atoms with Crippen molar-refractivity contribution in [3.63, 3.8) is 0 Å². The summed E-state index contributed by atoms with van der Waals surface area (Å²) in [6, 6.07) is 5.48. The predicted molar refractivity (Wildman–Crippen MR) is 65.4 cm³/mol. The highest BCUT2D eigenvalue weighted by Gasteiger charge is 2.10. The normalized spacial score (nSPS) is 11.0. The number of ether oxygens (including phenoxy) is 1. The van der Waals surface area contributed by atoms with Crippen LogP contribution < -0.4 is 5.73 Å². The Morgan fingerprint density at radius 1 is 1.53 bits per heavy atom. The fourth-order valence-corrected chi connectivity index (χ4v) is 1.64. The lowest BCUT2D eigenvalue weighted by molar-refractivity contribution is -0.148. The molecular formula is C12H15N3O2. The van der Waals surface area contributed by atoms with Crippen LogP contribution in [0, 0.1) is 0 Å². The molecule has 0 unspecified atom stereocenters. The summed E-state index contributed by atoms with van der Waals surface area (Å²) >= 11 is 0. The molecule has 0 aliphatic heterocycles. The summed E-state index contributed by atoms with van der Waals surface area (Å²) in [5.74, 6) is -0.299. The van der Waals surface area contributed by atoms with E-state index in [4.69, 9.17) is 10.5 Å². The average Bonchev–Trinajstić information content (AvgIpc) is 2.60. The first-order chi connectivity index (χ1) is 8.06. The molecule has 0 saturated carbocycles. The fraction of sp³-hybridized carbons (Fsp3) is 0.333. The van der Waals surface area contributed by atoms with Crippen molar-refractivity contribution in [2.75, 3.05) is 5.73 Å². The van der Waals surface area contributed by atoms with Gasteiger partial charge in [0.1, 0.15) is 6.54 Å². The third-order valence-corrected chi connectivity index (χ3v) is 2.31. The van der Waals surface area contributed by atoms with Crippen molar-refractivity contribution in [1.82, 2.24) is 9.78 Å². The molecule has 2 aromatic rings. The van der Waals surface area contributed by atoms with Gasteiger partial charge in [-0.05, 0) is 32.0 Å². The standard InChI is InChI=1S/C12H15N3O2/c1-8(2)17-12(16)7-15-11-5-10(13)4-3-9(11)6-14-15/h3-6,8H,7,13H2,1-2H3. The number of esters is 1. The summed E-state index contributed by atoms with van der Waals surface area (Å²) in [7, 11) is 0. The van der Waals surface area contributed by atoms with Crippen molar-refractivity contribution < 1.29 is 9.53 Å². The van der Waals surface area contributed by atoms with E-state index in [0.717, 1.165) is 10.9 Å². The molecule has 0 radical (unpaired) electrons. The van der Waals surface area contributed by atoms with Crippen molar-refractivity contribution in [3.8, 4) is 0 Å². The van der Waals surface area contributed by atoms with Gasteiger partial charge in [0.15, 0.2) is 0 Å². The highest BCUT2D eigenvalue weighted by Crippen LogP contribution is 2.16. The zero-order chi connectivity index (χ0) is 12.4. The number of hydrogen-bond donors (Lipinski definition) is 1. The number of anilines is 1. The topological polar surface area (TPSA) is 70.1 Å².